The number of halogens is 2. The molecule has 0 spiro atoms. The molecule has 0 saturated heterocycles. The fourth-order valence-corrected chi connectivity index (χ4v) is 0.348. The van der Waals surface area contributed by atoms with Gasteiger partial charge < -0.3 is 0 Å². The average Bonchev–Trinajstić information content (AvgIpc) is 1.83. The van der Waals surface area contributed by atoms with Crippen LogP contribution in [-0.4, -0.2) is 0 Å². The smallest absolute Gasteiger partial charge is 0.128 e. The van der Waals surface area contributed by atoms with E-state index in [1.54, 1.807) is 0 Å². The SMILES string of the molecule is [CH2]CCCC(F)=CF. The second-order valence-corrected chi connectivity index (χ2v) is 1.51. The lowest BCUT2D eigenvalue weighted by Gasteiger charge is -1.88. The van der Waals surface area contributed by atoms with Gasteiger partial charge in [-0.05, 0) is 6.42 Å². The third-order valence-electron chi connectivity index (χ3n) is 0.784. The van der Waals surface area contributed by atoms with Crippen molar-refractivity contribution in [3.8, 4) is 0 Å². The van der Waals surface area contributed by atoms with Crippen molar-refractivity contribution in [2.45, 2.75) is 19.3 Å². The summed E-state index contributed by atoms with van der Waals surface area (Å²) in [6, 6.07) is 0. The molecular weight excluding hydrogens is 110 g/mol. The van der Waals surface area contributed by atoms with Gasteiger partial charge in [-0.25, -0.2) is 8.78 Å². The van der Waals surface area contributed by atoms with Gasteiger partial charge in [0.1, 0.15) is 12.2 Å². The Morgan fingerprint density at radius 2 is 2.25 bits per heavy atom. The third-order valence-corrected chi connectivity index (χ3v) is 0.784. The largest absolute Gasteiger partial charge is 0.213 e. The fraction of sp³-hybridized carbons (Fsp3) is 0.500. The maximum Gasteiger partial charge on any atom is 0.128 e. The van der Waals surface area contributed by atoms with Crippen molar-refractivity contribution in [1.29, 1.82) is 0 Å². The van der Waals surface area contributed by atoms with E-state index in [-0.39, 0.29) is 12.8 Å². The van der Waals surface area contributed by atoms with E-state index >= 15 is 0 Å². The Morgan fingerprint density at radius 1 is 1.62 bits per heavy atom. The highest BCUT2D eigenvalue weighted by atomic mass is 19.2. The molecule has 47 valence electrons. The Kier molecular flexibility index (Phi) is 4.51. The molecule has 0 nitrogen and oxygen atoms in total. The lowest BCUT2D eigenvalue weighted by molar-refractivity contribution is 0.537. The van der Waals surface area contributed by atoms with Gasteiger partial charge in [0.05, 0.1) is 0 Å². The average molecular weight is 119 g/mol. The van der Waals surface area contributed by atoms with Gasteiger partial charge in [-0.2, -0.15) is 0 Å². The summed E-state index contributed by atoms with van der Waals surface area (Å²) in [6.07, 6.45) is 1.45. The predicted octanol–water partition coefficient (Wildman–Crippen LogP) is 2.77. The van der Waals surface area contributed by atoms with Crippen LogP contribution in [-0.2, 0) is 0 Å². The maximum atomic E-state index is 11.8. The Balaban J connectivity index is 3.12. The van der Waals surface area contributed by atoms with Crippen molar-refractivity contribution < 1.29 is 8.78 Å². The number of hydrogen-bond acceptors (Lipinski definition) is 0. The molecule has 0 aliphatic rings. The van der Waals surface area contributed by atoms with Crippen molar-refractivity contribution in [1.82, 2.24) is 0 Å². The van der Waals surface area contributed by atoms with Gasteiger partial charge >= 0.3 is 0 Å². The first-order chi connectivity index (χ1) is 3.81. The van der Waals surface area contributed by atoms with Crippen LogP contribution in [0.3, 0.4) is 0 Å². The first-order valence-corrected chi connectivity index (χ1v) is 2.55. The number of hydrogen-bond donors (Lipinski definition) is 0. The summed E-state index contributed by atoms with van der Waals surface area (Å²) < 4.78 is 22.9. The quantitative estimate of drug-likeness (QED) is 0.535. The number of unbranched alkanes of at least 4 members (excludes halogenated alkanes) is 1. The lowest BCUT2D eigenvalue weighted by Crippen LogP contribution is -1.72. The van der Waals surface area contributed by atoms with E-state index in [1.807, 2.05) is 0 Å². The Bertz CT molecular complexity index is 76.6. The van der Waals surface area contributed by atoms with Crippen LogP contribution in [0.25, 0.3) is 0 Å². The number of rotatable bonds is 3. The van der Waals surface area contributed by atoms with Crippen LogP contribution >= 0.6 is 0 Å². The minimum Gasteiger partial charge on any atom is -0.213 e. The second-order valence-electron chi connectivity index (χ2n) is 1.51. The van der Waals surface area contributed by atoms with E-state index in [0.29, 0.717) is 12.8 Å². The minimum absolute atomic E-state index is 0.00431. The molecule has 0 saturated carbocycles. The lowest BCUT2D eigenvalue weighted by atomic mass is 10.2. The third kappa shape index (κ3) is 3.78. The molecule has 0 heterocycles. The molecule has 0 bridgehead atoms. The molecule has 0 atom stereocenters. The summed E-state index contributed by atoms with van der Waals surface area (Å²) >= 11 is 0. The first kappa shape index (κ1) is 7.60. The standard InChI is InChI=1S/C6H9F2/c1-2-3-4-6(8)5-7/h5H,1-4H2. The van der Waals surface area contributed by atoms with Gasteiger partial charge in [0.15, 0.2) is 0 Å². The minimum atomic E-state index is -0.686. The van der Waals surface area contributed by atoms with Gasteiger partial charge in [0.2, 0.25) is 0 Å². The fourth-order valence-electron chi connectivity index (χ4n) is 0.348. The molecule has 0 aromatic rings. The Morgan fingerprint density at radius 3 is 2.62 bits per heavy atom. The summed E-state index contributed by atoms with van der Waals surface area (Å²) in [5.41, 5.74) is 0. The molecule has 0 fully saturated rings. The van der Waals surface area contributed by atoms with Crippen LogP contribution in [0.15, 0.2) is 12.2 Å². The molecule has 0 aliphatic heterocycles. The summed E-state index contributed by atoms with van der Waals surface area (Å²) in [5, 5.41) is 0. The molecule has 0 aromatic heterocycles. The van der Waals surface area contributed by atoms with E-state index in [0.717, 1.165) is 0 Å². The monoisotopic (exact) mass is 119 g/mol. The summed E-state index contributed by atoms with van der Waals surface area (Å²) in [6.45, 7) is 3.48. The molecule has 0 aromatic carbocycles. The van der Waals surface area contributed by atoms with Gasteiger partial charge in [-0.15, -0.1) is 0 Å². The van der Waals surface area contributed by atoms with Gasteiger partial charge in [0, 0.05) is 6.42 Å². The highest BCUT2D eigenvalue weighted by molar-refractivity contribution is 4.83. The van der Waals surface area contributed by atoms with Gasteiger partial charge in [0.25, 0.3) is 0 Å². The van der Waals surface area contributed by atoms with E-state index in [1.165, 1.54) is 0 Å². The predicted molar refractivity (Wildman–Crippen MR) is 29.5 cm³/mol. The summed E-state index contributed by atoms with van der Waals surface area (Å²) in [5.74, 6) is -0.686. The van der Waals surface area contributed by atoms with Crippen LogP contribution in [0.4, 0.5) is 8.78 Å². The maximum absolute atomic E-state index is 11.8. The molecule has 0 rings (SSSR count). The molecule has 0 aliphatic carbocycles. The zero-order valence-corrected chi connectivity index (χ0v) is 4.66. The summed E-state index contributed by atoms with van der Waals surface area (Å²) in [4.78, 5) is 0. The molecule has 2 heteroatoms. The Hall–Kier alpha value is -0.400. The zero-order valence-electron chi connectivity index (χ0n) is 4.66. The van der Waals surface area contributed by atoms with Crippen LogP contribution in [0.5, 0.6) is 0 Å². The highest BCUT2D eigenvalue weighted by Crippen LogP contribution is 2.07. The Labute approximate surface area is 48.2 Å². The second kappa shape index (κ2) is 4.75. The van der Waals surface area contributed by atoms with Crippen molar-refractivity contribution in [2.24, 2.45) is 0 Å². The first-order valence-electron chi connectivity index (χ1n) is 2.55. The van der Waals surface area contributed by atoms with Crippen molar-refractivity contribution in [3.05, 3.63) is 19.1 Å². The summed E-state index contributed by atoms with van der Waals surface area (Å²) in [7, 11) is 0. The van der Waals surface area contributed by atoms with E-state index < -0.39 is 5.83 Å². The normalized spacial score (nSPS) is 12.1. The van der Waals surface area contributed by atoms with Crippen molar-refractivity contribution >= 4 is 0 Å². The highest BCUT2D eigenvalue weighted by Gasteiger charge is 1.90. The van der Waals surface area contributed by atoms with E-state index in [9.17, 15) is 8.78 Å². The molecule has 8 heavy (non-hydrogen) atoms. The van der Waals surface area contributed by atoms with Crippen LogP contribution in [0, 0.1) is 6.92 Å². The number of allylic oxidation sites excluding steroid dienone is 1. The molecule has 1 radical (unpaired) electrons. The van der Waals surface area contributed by atoms with Crippen LogP contribution in [0.1, 0.15) is 19.3 Å². The zero-order chi connectivity index (χ0) is 6.41. The molecule has 0 amide bonds. The molecule has 0 N–H and O–H groups in total. The van der Waals surface area contributed by atoms with E-state index in [2.05, 4.69) is 6.92 Å². The van der Waals surface area contributed by atoms with Crippen molar-refractivity contribution in [2.75, 3.05) is 0 Å². The van der Waals surface area contributed by atoms with Crippen LogP contribution < -0.4 is 0 Å². The molecular formula is C6H9F2. The van der Waals surface area contributed by atoms with Gasteiger partial charge in [-0.1, -0.05) is 13.3 Å². The topological polar surface area (TPSA) is 0 Å². The van der Waals surface area contributed by atoms with E-state index in [4.69, 9.17) is 0 Å². The molecule has 0 unspecified atom stereocenters. The van der Waals surface area contributed by atoms with Crippen molar-refractivity contribution in [3.63, 3.8) is 0 Å². The van der Waals surface area contributed by atoms with Gasteiger partial charge in [-0.3, -0.25) is 0 Å². The van der Waals surface area contributed by atoms with Crippen LogP contribution in [0.2, 0.25) is 0 Å².